The van der Waals surface area contributed by atoms with Gasteiger partial charge in [0.25, 0.3) is 0 Å². The Balaban J connectivity index is 2.02. The molecule has 1 aliphatic rings. The molecule has 1 atom stereocenters. The van der Waals surface area contributed by atoms with E-state index < -0.39 is 6.29 Å². The van der Waals surface area contributed by atoms with Gasteiger partial charge in [0, 0.05) is 5.56 Å². The van der Waals surface area contributed by atoms with Crippen molar-refractivity contribution in [3.05, 3.63) is 42.0 Å². The normalized spacial score (nSPS) is 19.9. The fourth-order valence-electron chi connectivity index (χ4n) is 2.69. The molecule has 2 rings (SSSR count). The molecule has 0 bridgehead atoms. The zero-order valence-electron chi connectivity index (χ0n) is 12.0. The second-order valence-electron chi connectivity index (χ2n) is 5.88. The molecule has 0 saturated heterocycles. The van der Waals surface area contributed by atoms with Gasteiger partial charge in [-0.2, -0.15) is 0 Å². The van der Waals surface area contributed by atoms with Crippen LogP contribution in [0.25, 0.3) is 5.57 Å². The summed E-state index contributed by atoms with van der Waals surface area (Å²) in [6, 6.07) is 7.79. The lowest BCUT2D eigenvalue weighted by Crippen LogP contribution is -2.32. The second-order valence-corrected chi connectivity index (χ2v) is 5.88. The van der Waals surface area contributed by atoms with Crippen LogP contribution in [-0.4, -0.2) is 10.7 Å². The predicted molar refractivity (Wildman–Crippen MR) is 78.7 cm³/mol. The Hall–Kier alpha value is -1.12. The fraction of sp³-hybridized carbons (Fsp3) is 0.529. The van der Waals surface area contributed by atoms with Crippen LogP contribution in [0.5, 0.6) is 0 Å². The molecule has 1 aromatic rings. The number of allylic oxidation sites excluding steroid dienone is 1. The van der Waals surface area contributed by atoms with Gasteiger partial charge in [-0.15, -0.1) is 0 Å². The van der Waals surface area contributed by atoms with E-state index in [2.05, 4.69) is 13.5 Å². The van der Waals surface area contributed by atoms with Crippen molar-refractivity contribution in [1.29, 1.82) is 0 Å². The summed E-state index contributed by atoms with van der Waals surface area (Å²) < 4.78 is 5.90. The van der Waals surface area contributed by atoms with Crippen LogP contribution < -0.4 is 0 Å². The highest BCUT2D eigenvalue weighted by Crippen LogP contribution is 2.34. The lowest BCUT2D eigenvalue weighted by Gasteiger charge is -2.35. The molecule has 1 N–H and O–H groups in total. The van der Waals surface area contributed by atoms with Crippen LogP contribution in [0.15, 0.2) is 30.8 Å². The molecular formula is C17H24O2. The molecule has 1 unspecified atom stereocenters. The van der Waals surface area contributed by atoms with Crippen LogP contribution in [0, 0.1) is 0 Å². The monoisotopic (exact) mass is 260 g/mol. The Bertz CT molecular complexity index is 427. The maximum absolute atomic E-state index is 10.2. The smallest absolute Gasteiger partial charge is 0.181 e. The largest absolute Gasteiger partial charge is 0.364 e. The molecule has 1 aromatic carbocycles. The topological polar surface area (TPSA) is 29.5 Å². The van der Waals surface area contributed by atoms with Crippen molar-refractivity contribution in [2.75, 3.05) is 0 Å². The average Bonchev–Trinajstić information content (AvgIpc) is 2.39. The Morgan fingerprint density at radius 2 is 1.79 bits per heavy atom. The Labute approximate surface area is 116 Å². The van der Waals surface area contributed by atoms with Crippen LogP contribution in [0.3, 0.4) is 0 Å². The molecule has 1 saturated carbocycles. The van der Waals surface area contributed by atoms with Gasteiger partial charge in [-0.25, -0.2) is 0 Å². The second kappa shape index (κ2) is 5.89. The molecule has 0 heterocycles. The van der Waals surface area contributed by atoms with E-state index in [4.69, 9.17) is 4.74 Å². The van der Waals surface area contributed by atoms with E-state index in [1.54, 1.807) is 0 Å². The van der Waals surface area contributed by atoms with Crippen LogP contribution in [0.1, 0.15) is 63.4 Å². The average molecular weight is 260 g/mol. The van der Waals surface area contributed by atoms with Gasteiger partial charge in [-0.3, -0.25) is 0 Å². The molecule has 0 aliphatic heterocycles. The number of hydrogen-bond donors (Lipinski definition) is 1. The van der Waals surface area contributed by atoms with Gasteiger partial charge in [0.15, 0.2) is 6.29 Å². The molecule has 0 amide bonds. The number of hydrogen-bond acceptors (Lipinski definition) is 2. The third kappa shape index (κ3) is 3.68. The maximum Gasteiger partial charge on any atom is 0.181 e. The van der Waals surface area contributed by atoms with Gasteiger partial charge in [0.2, 0.25) is 0 Å². The Kier molecular flexibility index (Phi) is 4.43. The van der Waals surface area contributed by atoms with Crippen molar-refractivity contribution in [2.24, 2.45) is 0 Å². The van der Waals surface area contributed by atoms with Gasteiger partial charge in [-0.1, -0.05) is 55.7 Å². The van der Waals surface area contributed by atoms with Crippen LogP contribution in [-0.2, 0) is 4.74 Å². The van der Waals surface area contributed by atoms with Gasteiger partial charge < -0.3 is 9.84 Å². The summed E-state index contributed by atoms with van der Waals surface area (Å²) in [5.74, 6) is 0. The number of ether oxygens (including phenoxy) is 1. The predicted octanol–water partition coefficient (Wildman–Crippen LogP) is 4.45. The Morgan fingerprint density at radius 1 is 1.21 bits per heavy atom. The zero-order chi connectivity index (χ0) is 13.9. The summed E-state index contributed by atoms with van der Waals surface area (Å²) in [4.78, 5) is 0. The van der Waals surface area contributed by atoms with E-state index >= 15 is 0 Å². The third-order valence-electron chi connectivity index (χ3n) is 4.00. The van der Waals surface area contributed by atoms with E-state index in [1.807, 2.05) is 31.2 Å². The summed E-state index contributed by atoms with van der Waals surface area (Å²) in [6.45, 7) is 8.00. The summed E-state index contributed by atoms with van der Waals surface area (Å²) in [5, 5.41) is 10.2. The van der Waals surface area contributed by atoms with Crippen LogP contribution in [0.4, 0.5) is 0 Å². The number of aliphatic hydroxyl groups excluding tert-OH is 1. The number of rotatable bonds is 4. The van der Waals surface area contributed by atoms with Gasteiger partial charge in [0.1, 0.15) is 0 Å². The lowest BCUT2D eigenvalue weighted by atomic mass is 9.86. The highest BCUT2D eigenvalue weighted by atomic mass is 16.6. The maximum atomic E-state index is 10.2. The highest BCUT2D eigenvalue weighted by molar-refractivity contribution is 5.61. The molecule has 0 aromatic heterocycles. The quantitative estimate of drug-likeness (QED) is 0.810. The van der Waals surface area contributed by atoms with Gasteiger partial charge in [-0.05, 0) is 32.3 Å². The molecule has 1 fully saturated rings. The lowest BCUT2D eigenvalue weighted by molar-refractivity contribution is -0.193. The summed E-state index contributed by atoms with van der Waals surface area (Å²) in [7, 11) is 0. The van der Waals surface area contributed by atoms with E-state index in [-0.39, 0.29) is 5.60 Å². The standard InChI is InChI=1S/C17H24O2/c1-13(2)14-7-9-15(10-8-14)16(18)19-17(3)11-5-4-6-12-17/h7-10,16,18H,1,4-6,11-12H2,2-3H3. The summed E-state index contributed by atoms with van der Waals surface area (Å²) in [6.07, 6.45) is 4.90. The first-order valence-corrected chi connectivity index (χ1v) is 7.12. The fourth-order valence-corrected chi connectivity index (χ4v) is 2.69. The summed E-state index contributed by atoms with van der Waals surface area (Å²) in [5.41, 5.74) is 2.77. The molecule has 1 aliphatic carbocycles. The zero-order valence-corrected chi connectivity index (χ0v) is 12.0. The minimum atomic E-state index is -0.831. The molecule has 0 spiro atoms. The number of aliphatic hydroxyl groups is 1. The van der Waals surface area contributed by atoms with E-state index in [0.29, 0.717) is 0 Å². The molecule has 0 radical (unpaired) electrons. The van der Waals surface area contributed by atoms with Gasteiger partial charge >= 0.3 is 0 Å². The van der Waals surface area contributed by atoms with Crippen LogP contribution in [0.2, 0.25) is 0 Å². The van der Waals surface area contributed by atoms with Crippen molar-refractivity contribution < 1.29 is 9.84 Å². The van der Waals surface area contributed by atoms with Crippen molar-refractivity contribution in [2.45, 2.75) is 57.8 Å². The number of benzene rings is 1. The van der Waals surface area contributed by atoms with Crippen molar-refractivity contribution in [1.82, 2.24) is 0 Å². The molecular weight excluding hydrogens is 236 g/mol. The minimum Gasteiger partial charge on any atom is -0.364 e. The molecule has 2 nitrogen and oxygen atoms in total. The SMILES string of the molecule is C=C(C)c1ccc(C(O)OC2(C)CCCCC2)cc1. The molecule has 104 valence electrons. The highest BCUT2D eigenvalue weighted by Gasteiger charge is 2.30. The first-order chi connectivity index (χ1) is 9.00. The minimum absolute atomic E-state index is 0.176. The summed E-state index contributed by atoms with van der Waals surface area (Å²) >= 11 is 0. The Morgan fingerprint density at radius 3 is 2.32 bits per heavy atom. The molecule has 19 heavy (non-hydrogen) atoms. The van der Waals surface area contributed by atoms with E-state index in [0.717, 1.165) is 29.5 Å². The molecule has 2 heteroatoms. The van der Waals surface area contributed by atoms with Crippen molar-refractivity contribution in [3.8, 4) is 0 Å². The van der Waals surface area contributed by atoms with E-state index in [9.17, 15) is 5.11 Å². The van der Waals surface area contributed by atoms with Crippen molar-refractivity contribution >= 4 is 5.57 Å². The van der Waals surface area contributed by atoms with Crippen molar-refractivity contribution in [3.63, 3.8) is 0 Å². The van der Waals surface area contributed by atoms with Gasteiger partial charge in [0.05, 0.1) is 5.60 Å². The van der Waals surface area contributed by atoms with Crippen LogP contribution >= 0.6 is 0 Å². The first kappa shape index (κ1) is 14.3. The van der Waals surface area contributed by atoms with E-state index in [1.165, 1.54) is 19.3 Å². The third-order valence-corrected chi connectivity index (χ3v) is 4.00. The first-order valence-electron chi connectivity index (χ1n) is 7.12.